The molecule has 0 aromatic heterocycles. The van der Waals surface area contributed by atoms with Gasteiger partial charge >= 0.3 is 0 Å². The van der Waals surface area contributed by atoms with Crippen molar-refractivity contribution in [3.8, 4) is 0 Å². The van der Waals surface area contributed by atoms with E-state index in [9.17, 15) is 9.59 Å². The van der Waals surface area contributed by atoms with Crippen LogP contribution in [0.5, 0.6) is 0 Å². The van der Waals surface area contributed by atoms with Crippen LogP contribution in [0, 0.1) is 0 Å². The predicted octanol–water partition coefficient (Wildman–Crippen LogP) is 0.744. The van der Waals surface area contributed by atoms with E-state index in [1.165, 1.54) is 13.0 Å². The van der Waals surface area contributed by atoms with Gasteiger partial charge in [-0.2, -0.15) is 0 Å². The van der Waals surface area contributed by atoms with Gasteiger partial charge in [0.05, 0.1) is 0 Å². The van der Waals surface area contributed by atoms with Crippen LogP contribution in [0.3, 0.4) is 0 Å². The van der Waals surface area contributed by atoms with Crippen molar-refractivity contribution in [2.24, 2.45) is 0 Å². The molecule has 1 amide bonds. The molecule has 0 aliphatic heterocycles. The summed E-state index contributed by atoms with van der Waals surface area (Å²) in [6.07, 6.45) is 4.79. The number of nitrogens with one attached hydrogen (secondary N) is 1. The molecule has 13 heavy (non-hydrogen) atoms. The first-order valence-electron chi connectivity index (χ1n) is 3.96. The van der Waals surface area contributed by atoms with E-state index >= 15 is 0 Å². The van der Waals surface area contributed by atoms with Gasteiger partial charge in [0.15, 0.2) is 5.78 Å². The zero-order valence-electron chi connectivity index (χ0n) is 7.46. The van der Waals surface area contributed by atoms with E-state index in [1.807, 2.05) is 0 Å². The van der Waals surface area contributed by atoms with Crippen molar-refractivity contribution in [1.82, 2.24) is 5.32 Å². The van der Waals surface area contributed by atoms with Crippen LogP contribution in [0.25, 0.3) is 0 Å². The standard InChI is InChI=1S/C10H11NO2/c1-7-3-4-10(13)9(5-7)6-11-8(2)12/h3-5H,1,6H2,2H3,(H,11,12). The molecule has 0 bridgehead atoms. The van der Waals surface area contributed by atoms with E-state index in [4.69, 9.17) is 0 Å². The molecule has 68 valence electrons. The number of carbonyl (C=O) groups is 2. The summed E-state index contributed by atoms with van der Waals surface area (Å²) < 4.78 is 0. The topological polar surface area (TPSA) is 46.2 Å². The first kappa shape index (κ1) is 9.45. The molecular formula is C10H11NO2. The summed E-state index contributed by atoms with van der Waals surface area (Å²) in [7, 11) is 0. The Bertz CT molecular complexity index is 324. The summed E-state index contributed by atoms with van der Waals surface area (Å²) in [4.78, 5) is 21.8. The Hall–Kier alpha value is -1.64. The molecule has 0 aromatic rings. The Balaban J connectivity index is 2.63. The van der Waals surface area contributed by atoms with E-state index in [-0.39, 0.29) is 18.2 Å². The second-order valence-electron chi connectivity index (χ2n) is 2.85. The van der Waals surface area contributed by atoms with E-state index < -0.39 is 0 Å². The van der Waals surface area contributed by atoms with Crippen LogP contribution in [0.4, 0.5) is 0 Å². The quantitative estimate of drug-likeness (QED) is 0.676. The van der Waals surface area contributed by atoms with Gasteiger partial charge in [-0.05, 0) is 17.7 Å². The highest BCUT2D eigenvalue weighted by atomic mass is 16.1. The Morgan fingerprint density at radius 2 is 2.23 bits per heavy atom. The molecule has 0 radical (unpaired) electrons. The van der Waals surface area contributed by atoms with Crippen molar-refractivity contribution in [3.05, 3.63) is 36.0 Å². The molecule has 3 heteroatoms. The van der Waals surface area contributed by atoms with E-state index in [0.717, 1.165) is 5.57 Å². The third-order valence-corrected chi connectivity index (χ3v) is 1.65. The zero-order chi connectivity index (χ0) is 9.84. The second-order valence-corrected chi connectivity index (χ2v) is 2.85. The van der Waals surface area contributed by atoms with Crippen LogP contribution in [-0.4, -0.2) is 18.2 Å². The maximum atomic E-state index is 11.2. The number of rotatable bonds is 2. The largest absolute Gasteiger partial charge is 0.352 e. The third kappa shape index (κ3) is 2.71. The van der Waals surface area contributed by atoms with Gasteiger partial charge in [-0.15, -0.1) is 0 Å². The average Bonchev–Trinajstić information content (AvgIpc) is 2.06. The number of hydrogen-bond donors (Lipinski definition) is 1. The van der Waals surface area contributed by atoms with Crippen molar-refractivity contribution >= 4 is 11.7 Å². The van der Waals surface area contributed by atoms with Crippen LogP contribution in [0.15, 0.2) is 36.0 Å². The minimum atomic E-state index is -0.145. The lowest BCUT2D eigenvalue weighted by atomic mass is 10.0. The SMILES string of the molecule is C=C1C=CC(=O)C(CNC(C)=O)=C1. The minimum Gasteiger partial charge on any atom is -0.352 e. The van der Waals surface area contributed by atoms with E-state index in [0.29, 0.717) is 5.57 Å². The summed E-state index contributed by atoms with van der Waals surface area (Å²) >= 11 is 0. The summed E-state index contributed by atoms with van der Waals surface area (Å²) in [5, 5.41) is 2.56. The monoisotopic (exact) mass is 177 g/mol. The van der Waals surface area contributed by atoms with Crippen LogP contribution in [-0.2, 0) is 9.59 Å². The maximum absolute atomic E-state index is 11.2. The molecule has 0 atom stereocenters. The molecule has 1 aliphatic carbocycles. The normalized spacial score (nSPS) is 15.6. The maximum Gasteiger partial charge on any atom is 0.217 e. The third-order valence-electron chi connectivity index (χ3n) is 1.65. The zero-order valence-corrected chi connectivity index (χ0v) is 7.46. The average molecular weight is 177 g/mol. The molecule has 0 aromatic carbocycles. The van der Waals surface area contributed by atoms with E-state index in [1.54, 1.807) is 12.2 Å². The number of hydrogen-bond acceptors (Lipinski definition) is 2. The van der Waals surface area contributed by atoms with Gasteiger partial charge in [0.1, 0.15) is 0 Å². The van der Waals surface area contributed by atoms with Crippen LogP contribution in [0.2, 0.25) is 0 Å². The highest BCUT2D eigenvalue weighted by Crippen LogP contribution is 2.09. The van der Waals surface area contributed by atoms with Crippen molar-refractivity contribution in [3.63, 3.8) is 0 Å². The lowest BCUT2D eigenvalue weighted by molar-refractivity contribution is -0.118. The van der Waals surface area contributed by atoms with Crippen molar-refractivity contribution in [1.29, 1.82) is 0 Å². The molecule has 1 aliphatic rings. The molecule has 0 saturated carbocycles. The van der Waals surface area contributed by atoms with Gasteiger partial charge in [-0.1, -0.05) is 12.7 Å². The number of ketones is 1. The highest BCUT2D eigenvalue weighted by molar-refractivity contribution is 6.06. The van der Waals surface area contributed by atoms with Gasteiger partial charge in [0.25, 0.3) is 0 Å². The molecule has 1 N–H and O–H groups in total. The van der Waals surface area contributed by atoms with Crippen LogP contribution in [0.1, 0.15) is 6.92 Å². The molecule has 0 unspecified atom stereocenters. The minimum absolute atomic E-state index is 0.0684. The Morgan fingerprint density at radius 1 is 1.54 bits per heavy atom. The second kappa shape index (κ2) is 3.85. The molecule has 0 fully saturated rings. The smallest absolute Gasteiger partial charge is 0.217 e. The number of carbonyl (C=O) groups excluding carboxylic acids is 2. The fourth-order valence-electron chi connectivity index (χ4n) is 0.991. The van der Waals surface area contributed by atoms with Gasteiger partial charge in [-0.25, -0.2) is 0 Å². The molecule has 0 spiro atoms. The molecular weight excluding hydrogens is 166 g/mol. The molecule has 1 rings (SSSR count). The van der Waals surface area contributed by atoms with E-state index in [2.05, 4.69) is 11.9 Å². The Labute approximate surface area is 76.8 Å². The fraction of sp³-hybridized carbons (Fsp3) is 0.200. The fourth-order valence-corrected chi connectivity index (χ4v) is 0.991. The summed E-state index contributed by atoms with van der Waals surface area (Å²) in [5.74, 6) is -0.213. The van der Waals surface area contributed by atoms with Gasteiger partial charge in [-0.3, -0.25) is 9.59 Å². The highest BCUT2D eigenvalue weighted by Gasteiger charge is 2.10. The number of allylic oxidation sites excluding steroid dienone is 4. The van der Waals surface area contributed by atoms with Crippen molar-refractivity contribution < 1.29 is 9.59 Å². The first-order valence-corrected chi connectivity index (χ1v) is 3.96. The Kier molecular flexibility index (Phi) is 2.80. The molecule has 3 nitrogen and oxygen atoms in total. The molecule has 0 saturated heterocycles. The Morgan fingerprint density at radius 3 is 2.85 bits per heavy atom. The summed E-state index contributed by atoms with van der Waals surface area (Å²) in [5.41, 5.74) is 1.35. The lowest BCUT2D eigenvalue weighted by Crippen LogP contribution is -2.25. The van der Waals surface area contributed by atoms with Gasteiger partial charge in [0.2, 0.25) is 5.91 Å². The lowest BCUT2D eigenvalue weighted by Gasteiger charge is -2.08. The summed E-state index contributed by atoms with van der Waals surface area (Å²) in [6.45, 7) is 5.39. The van der Waals surface area contributed by atoms with Crippen LogP contribution >= 0.6 is 0 Å². The van der Waals surface area contributed by atoms with Gasteiger partial charge < -0.3 is 5.32 Å². The predicted molar refractivity (Wildman–Crippen MR) is 50.1 cm³/mol. The van der Waals surface area contributed by atoms with Gasteiger partial charge in [0, 0.05) is 19.0 Å². The van der Waals surface area contributed by atoms with Crippen molar-refractivity contribution in [2.75, 3.05) is 6.54 Å². The summed E-state index contributed by atoms with van der Waals surface area (Å²) in [6, 6.07) is 0. The van der Waals surface area contributed by atoms with Crippen LogP contribution < -0.4 is 5.32 Å². The molecule has 0 heterocycles. The first-order chi connectivity index (χ1) is 6.09. The number of amides is 1. The van der Waals surface area contributed by atoms with Crippen molar-refractivity contribution in [2.45, 2.75) is 6.92 Å².